The van der Waals surface area contributed by atoms with Gasteiger partial charge in [0, 0.05) is 58.1 Å². The molecule has 1 fully saturated rings. The van der Waals surface area contributed by atoms with Gasteiger partial charge in [0.2, 0.25) is 5.91 Å². The number of anilines is 2. The molecule has 0 spiro atoms. The minimum Gasteiger partial charge on any atom is -0.371 e. The molecular formula is C20H21FN6O. The van der Waals surface area contributed by atoms with Crippen molar-refractivity contribution in [2.45, 2.75) is 6.92 Å². The highest BCUT2D eigenvalue weighted by atomic mass is 19.1. The van der Waals surface area contributed by atoms with Gasteiger partial charge in [0.15, 0.2) is 5.82 Å². The van der Waals surface area contributed by atoms with Crippen LogP contribution in [0.3, 0.4) is 0 Å². The van der Waals surface area contributed by atoms with Crippen molar-refractivity contribution in [2.75, 3.05) is 43.4 Å². The highest BCUT2D eigenvalue weighted by molar-refractivity contribution is 5.88. The first kappa shape index (κ1) is 18.1. The molecule has 0 saturated carbocycles. The summed E-state index contributed by atoms with van der Waals surface area (Å²) in [5.41, 5.74) is 3.22. The Balaban J connectivity index is 1.63. The smallest absolute Gasteiger partial charge is 0.219 e. The Bertz CT molecular complexity index is 1030. The molecule has 0 aliphatic carbocycles. The highest BCUT2D eigenvalue weighted by Gasteiger charge is 2.21. The topological polar surface area (TPSA) is 74.2 Å². The van der Waals surface area contributed by atoms with Gasteiger partial charge in [-0.15, -0.1) is 0 Å². The molecule has 0 bridgehead atoms. The van der Waals surface area contributed by atoms with Crippen LogP contribution in [0.15, 0.2) is 36.7 Å². The summed E-state index contributed by atoms with van der Waals surface area (Å²) in [7, 11) is 1.77. The summed E-state index contributed by atoms with van der Waals surface area (Å²) in [5, 5.41) is 3.02. The van der Waals surface area contributed by atoms with Crippen LogP contribution in [0.2, 0.25) is 0 Å². The number of benzene rings is 1. The third kappa shape index (κ3) is 3.33. The Morgan fingerprint density at radius 1 is 1.11 bits per heavy atom. The molecule has 1 saturated heterocycles. The van der Waals surface area contributed by atoms with Crippen LogP contribution in [0, 0.1) is 5.82 Å². The van der Waals surface area contributed by atoms with E-state index >= 15 is 0 Å². The lowest BCUT2D eigenvalue weighted by molar-refractivity contribution is -0.129. The third-order valence-electron chi connectivity index (χ3n) is 5.00. The van der Waals surface area contributed by atoms with Gasteiger partial charge < -0.3 is 15.1 Å². The van der Waals surface area contributed by atoms with Gasteiger partial charge in [-0.3, -0.25) is 9.78 Å². The van der Waals surface area contributed by atoms with Crippen molar-refractivity contribution >= 4 is 28.4 Å². The Labute approximate surface area is 162 Å². The van der Waals surface area contributed by atoms with Crippen molar-refractivity contribution in [3.8, 4) is 11.3 Å². The maximum atomic E-state index is 14.9. The number of rotatable bonds is 3. The largest absolute Gasteiger partial charge is 0.371 e. The van der Waals surface area contributed by atoms with Crippen molar-refractivity contribution in [1.29, 1.82) is 0 Å². The molecule has 3 aromatic rings. The van der Waals surface area contributed by atoms with Crippen molar-refractivity contribution in [2.24, 2.45) is 0 Å². The van der Waals surface area contributed by atoms with Gasteiger partial charge in [-0.1, -0.05) is 6.07 Å². The van der Waals surface area contributed by atoms with Gasteiger partial charge in [0.25, 0.3) is 0 Å². The summed E-state index contributed by atoms with van der Waals surface area (Å²) in [5.74, 6) is 0.354. The fourth-order valence-electron chi connectivity index (χ4n) is 3.48. The number of piperazine rings is 1. The van der Waals surface area contributed by atoms with E-state index in [9.17, 15) is 9.18 Å². The zero-order chi connectivity index (χ0) is 19.7. The Hall–Kier alpha value is -3.29. The summed E-state index contributed by atoms with van der Waals surface area (Å²) in [6, 6.07) is 6.94. The number of amides is 1. The van der Waals surface area contributed by atoms with Gasteiger partial charge in [-0.05, 0) is 18.2 Å². The standard InChI is InChI=1S/C20H21FN6O/c1-13(28)26-7-9-27(10-8-26)18-4-3-14(11-15(18)21)16-12-17-19(20(22-2)25-16)24-6-5-23-17/h3-6,11-12H,7-10H2,1-2H3,(H,22,25). The SMILES string of the molecule is CNc1nc(-c2ccc(N3CCN(C(C)=O)CC3)c(F)c2)cc2nccnc12. The number of carbonyl (C=O) groups excluding carboxylic acids is 1. The molecule has 1 aliphatic heterocycles. The molecule has 28 heavy (non-hydrogen) atoms. The van der Waals surface area contributed by atoms with E-state index in [4.69, 9.17) is 0 Å². The van der Waals surface area contributed by atoms with Gasteiger partial charge in [-0.2, -0.15) is 0 Å². The van der Waals surface area contributed by atoms with Gasteiger partial charge >= 0.3 is 0 Å². The quantitative estimate of drug-likeness (QED) is 0.753. The number of hydrogen-bond acceptors (Lipinski definition) is 6. The molecule has 3 heterocycles. The lowest BCUT2D eigenvalue weighted by Gasteiger charge is -2.35. The van der Waals surface area contributed by atoms with E-state index in [1.165, 1.54) is 6.07 Å². The molecule has 0 unspecified atom stereocenters. The molecule has 0 atom stereocenters. The maximum Gasteiger partial charge on any atom is 0.219 e. The van der Waals surface area contributed by atoms with E-state index in [1.807, 2.05) is 17.0 Å². The van der Waals surface area contributed by atoms with Crippen molar-refractivity contribution < 1.29 is 9.18 Å². The van der Waals surface area contributed by atoms with Crippen molar-refractivity contribution in [3.05, 3.63) is 42.5 Å². The summed E-state index contributed by atoms with van der Waals surface area (Å²) in [6.07, 6.45) is 3.24. The monoisotopic (exact) mass is 380 g/mol. The first-order valence-corrected chi connectivity index (χ1v) is 9.16. The number of nitrogens with one attached hydrogen (secondary N) is 1. The predicted octanol–water partition coefficient (Wildman–Crippen LogP) is 2.54. The number of carbonyl (C=O) groups is 1. The van der Waals surface area contributed by atoms with Gasteiger partial charge in [0.05, 0.1) is 16.9 Å². The molecule has 2 aromatic heterocycles. The highest BCUT2D eigenvalue weighted by Crippen LogP contribution is 2.29. The first-order valence-electron chi connectivity index (χ1n) is 9.16. The first-order chi connectivity index (χ1) is 13.6. The number of nitrogens with zero attached hydrogens (tertiary/aromatic N) is 5. The van der Waals surface area contributed by atoms with E-state index in [-0.39, 0.29) is 11.7 Å². The number of aromatic nitrogens is 3. The van der Waals surface area contributed by atoms with Crippen LogP contribution in [0.1, 0.15) is 6.92 Å². The average Bonchev–Trinajstić information content (AvgIpc) is 2.73. The van der Waals surface area contributed by atoms with Crippen LogP contribution in [0.5, 0.6) is 0 Å². The van der Waals surface area contributed by atoms with E-state index in [0.717, 1.165) is 0 Å². The molecule has 8 heteroatoms. The van der Waals surface area contributed by atoms with Crippen LogP contribution < -0.4 is 10.2 Å². The average molecular weight is 380 g/mol. The molecule has 144 valence electrons. The van der Waals surface area contributed by atoms with Crippen LogP contribution in [-0.4, -0.2) is 59.0 Å². The number of hydrogen-bond donors (Lipinski definition) is 1. The minimum atomic E-state index is -0.305. The van der Waals surface area contributed by atoms with E-state index in [1.54, 1.807) is 37.3 Å². The normalized spacial score (nSPS) is 14.4. The lowest BCUT2D eigenvalue weighted by Crippen LogP contribution is -2.48. The van der Waals surface area contributed by atoms with E-state index < -0.39 is 0 Å². The van der Waals surface area contributed by atoms with E-state index in [2.05, 4.69) is 20.3 Å². The third-order valence-corrected chi connectivity index (χ3v) is 5.00. The second-order valence-electron chi connectivity index (χ2n) is 6.69. The summed E-state index contributed by atoms with van der Waals surface area (Å²) in [4.78, 5) is 28.4. The molecule has 1 amide bonds. The number of pyridine rings is 1. The second kappa shape index (κ2) is 7.38. The summed E-state index contributed by atoms with van der Waals surface area (Å²) < 4.78 is 14.9. The Kier molecular flexibility index (Phi) is 4.77. The van der Waals surface area contributed by atoms with Gasteiger partial charge in [-0.25, -0.2) is 14.4 Å². The molecular weight excluding hydrogens is 359 g/mol. The predicted molar refractivity (Wildman–Crippen MR) is 107 cm³/mol. The number of halogens is 1. The fourth-order valence-corrected chi connectivity index (χ4v) is 3.48. The van der Waals surface area contributed by atoms with Gasteiger partial charge in [0.1, 0.15) is 11.3 Å². The molecule has 4 rings (SSSR count). The van der Waals surface area contributed by atoms with Crippen molar-refractivity contribution in [1.82, 2.24) is 19.9 Å². The zero-order valence-electron chi connectivity index (χ0n) is 15.8. The van der Waals surface area contributed by atoms with Crippen LogP contribution in [-0.2, 0) is 4.79 Å². The minimum absolute atomic E-state index is 0.0567. The summed E-state index contributed by atoms with van der Waals surface area (Å²) in [6.45, 7) is 4.00. The number of fused-ring (bicyclic) bond motifs is 1. The fraction of sp³-hybridized carbons (Fsp3) is 0.300. The lowest BCUT2D eigenvalue weighted by atomic mass is 10.1. The molecule has 7 nitrogen and oxygen atoms in total. The van der Waals surface area contributed by atoms with E-state index in [0.29, 0.717) is 60.0 Å². The Morgan fingerprint density at radius 3 is 2.54 bits per heavy atom. The van der Waals surface area contributed by atoms with Crippen molar-refractivity contribution in [3.63, 3.8) is 0 Å². The second-order valence-corrected chi connectivity index (χ2v) is 6.69. The molecule has 0 radical (unpaired) electrons. The van der Waals surface area contributed by atoms with Crippen LogP contribution in [0.4, 0.5) is 15.9 Å². The Morgan fingerprint density at radius 2 is 1.86 bits per heavy atom. The van der Waals surface area contributed by atoms with Crippen LogP contribution in [0.25, 0.3) is 22.3 Å². The molecule has 1 aromatic carbocycles. The van der Waals surface area contributed by atoms with Crippen LogP contribution >= 0.6 is 0 Å². The summed E-state index contributed by atoms with van der Waals surface area (Å²) >= 11 is 0. The molecule has 1 N–H and O–H groups in total. The molecule has 1 aliphatic rings. The zero-order valence-corrected chi connectivity index (χ0v) is 15.8. The maximum absolute atomic E-state index is 14.9.